The number of phosphoric acid groups is 1. The van der Waals surface area contributed by atoms with E-state index in [1.165, 1.54) is 0 Å². The van der Waals surface area contributed by atoms with Gasteiger partial charge in [0.1, 0.15) is 0 Å². The van der Waals surface area contributed by atoms with E-state index in [2.05, 4.69) is 15.6 Å². The first-order valence-corrected chi connectivity index (χ1v) is 8.34. The van der Waals surface area contributed by atoms with E-state index in [1.807, 2.05) is 30.5 Å². The summed E-state index contributed by atoms with van der Waals surface area (Å²) >= 11 is 1.55. The molecule has 1 aromatic heterocycles. The van der Waals surface area contributed by atoms with Gasteiger partial charge in [0.2, 0.25) is 0 Å². The van der Waals surface area contributed by atoms with Crippen molar-refractivity contribution in [3.05, 3.63) is 42.1 Å². The van der Waals surface area contributed by atoms with Crippen LogP contribution in [0, 0.1) is 0 Å². The third kappa shape index (κ3) is 4.93. The highest BCUT2D eigenvalue weighted by atomic mass is 32.2. The van der Waals surface area contributed by atoms with Crippen LogP contribution in [0.15, 0.2) is 36.5 Å². The van der Waals surface area contributed by atoms with Gasteiger partial charge < -0.3 is 9.79 Å². The fourth-order valence-electron chi connectivity index (χ4n) is 1.60. The van der Waals surface area contributed by atoms with Gasteiger partial charge in [-0.05, 0) is 17.7 Å². The van der Waals surface area contributed by atoms with E-state index in [1.54, 1.807) is 11.8 Å². The lowest BCUT2D eigenvalue weighted by Gasteiger charge is -2.05. The second-order valence-corrected chi connectivity index (χ2v) is 6.26. The molecule has 0 aliphatic rings. The van der Waals surface area contributed by atoms with Gasteiger partial charge in [-0.1, -0.05) is 18.2 Å². The van der Waals surface area contributed by atoms with Crippen molar-refractivity contribution >= 4 is 30.5 Å². The molecule has 0 fully saturated rings. The molecule has 0 bridgehead atoms. The van der Waals surface area contributed by atoms with E-state index >= 15 is 0 Å². The van der Waals surface area contributed by atoms with Crippen LogP contribution in [-0.4, -0.2) is 27.1 Å². The van der Waals surface area contributed by atoms with Crippen LogP contribution in [0.3, 0.4) is 0 Å². The van der Waals surface area contributed by atoms with Gasteiger partial charge in [-0.2, -0.15) is 11.8 Å². The van der Waals surface area contributed by atoms with Crippen molar-refractivity contribution in [3.63, 3.8) is 0 Å². The summed E-state index contributed by atoms with van der Waals surface area (Å²) in [6, 6.07) is 9.95. The Balaban J connectivity index is 1.83. The first-order valence-electron chi connectivity index (χ1n) is 5.66. The second kappa shape index (κ2) is 6.50. The van der Waals surface area contributed by atoms with E-state index in [0.717, 1.165) is 22.2 Å². The average molecular weight is 299 g/mol. The summed E-state index contributed by atoms with van der Waals surface area (Å²) in [4.78, 5) is 21.4. The summed E-state index contributed by atoms with van der Waals surface area (Å²) in [6.07, 6.45) is 1.82. The fraction of sp³-hybridized carbons (Fsp3) is 0.250. The minimum absolute atomic E-state index is 0.0377. The predicted molar refractivity (Wildman–Crippen MR) is 75.9 cm³/mol. The zero-order valence-corrected chi connectivity index (χ0v) is 11.8. The monoisotopic (exact) mass is 299 g/mol. The molecule has 5 nitrogen and oxygen atoms in total. The average Bonchev–Trinajstić information content (AvgIpc) is 2.37. The molecule has 1 aromatic carbocycles. The second-order valence-electron chi connectivity index (χ2n) is 3.91. The lowest BCUT2D eigenvalue weighted by atomic mass is 10.2. The Morgan fingerprint density at radius 2 is 2.11 bits per heavy atom. The van der Waals surface area contributed by atoms with Crippen LogP contribution in [0.2, 0.25) is 0 Å². The molecular weight excluding hydrogens is 285 g/mol. The van der Waals surface area contributed by atoms with E-state index < -0.39 is 7.82 Å². The van der Waals surface area contributed by atoms with Crippen molar-refractivity contribution in [1.82, 2.24) is 4.98 Å². The normalized spacial score (nSPS) is 11.9. The molecule has 0 atom stereocenters. The highest BCUT2D eigenvalue weighted by molar-refractivity contribution is 7.98. The minimum atomic E-state index is -4.34. The SMILES string of the molecule is O=P(O)(O)OCCSCc1cnc2ccccc2c1. The fourth-order valence-corrected chi connectivity index (χ4v) is 2.79. The Labute approximate surface area is 115 Å². The number of pyridine rings is 1. The van der Waals surface area contributed by atoms with Crippen LogP contribution < -0.4 is 0 Å². The molecule has 0 aliphatic carbocycles. The van der Waals surface area contributed by atoms with Crippen LogP contribution in [0.4, 0.5) is 0 Å². The number of nitrogens with zero attached hydrogens (tertiary/aromatic N) is 1. The Bertz CT molecular complexity index is 601. The van der Waals surface area contributed by atoms with Gasteiger partial charge >= 0.3 is 7.82 Å². The van der Waals surface area contributed by atoms with Gasteiger partial charge in [0.25, 0.3) is 0 Å². The van der Waals surface area contributed by atoms with Crippen molar-refractivity contribution in [3.8, 4) is 0 Å². The molecule has 19 heavy (non-hydrogen) atoms. The van der Waals surface area contributed by atoms with Crippen molar-refractivity contribution in [2.75, 3.05) is 12.4 Å². The van der Waals surface area contributed by atoms with Crippen LogP contribution in [0.1, 0.15) is 5.56 Å². The molecule has 2 rings (SSSR count). The number of benzene rings is 1. The van der Waals surface area contributed by atoms with E-state index in [0.29, 0.717) is 5.75 Å². The van der Waals surface area contributed by atoms with Crippen molar-refractivity contribution in [2.24, 2.45) is 0 Å². The summed E-state index contributed by atoms with van der Waals surface area (Å²) < 4.78 is 14.8. The topological polar surface area (TPSA) is 79.7 Å². The summed E-state index contributed by atoms with van der Waals surface area (Å²) in [7, 11) is -4.34. The predicted octanol–water partition coefficient (Wildman–Crippen LogP) is 2.58. The standard InChI is InChI=1S/C12H14NO4PS/c14-18(15,16)17-5-6-19-9-10-7-11-3-1-2-4-12(11)13-8-10/h1-4,7-8H,5-6,9H2,(H2,14,15,16). The summed E-state index contributed by atoms with van der Waals surface area (Å²) in [5.74, 6) is 1.26. The summed E-state index contributed by atoms with van der Waals surface area (Å²) in [5.41, 5.74) is 2.04. The smallest absolute Gasteiger partial charge is 0.303 e. The molecule has 2 aromatic rings. The maximum Gasteiger partial charge on any atom is 0.469 e. The third-order valence-electron chi connectivity index (χ3n) is 2.40. The van der Waals surface area contributed by atoms with Crippen LogP contribution >= 0.6 is 19.6 Å². The molecule has 0 aliphatic heterocycles. The zero-order valence-electron chi connectivity index (χ0n) is 10.1. The molecule has 1 heterocycles. The number of hydrogen-bond acceptors (Lipinski definition) is 4. The van der Waals surface area contributed by atoms with Crippen molar-refractivity contribution in [1.29, 1.82) is 0 Å². The number of fused-ring (bicyclic) bond motifs is 1. The van der Waals surface area contributed by atoms with Gasteiger partial charge in [-0.25, -0.2) is 4.57 Å². The molecule has 0 saturated heterocycles. The zero-order chi connectivity index (χ0) is 13.7. The molecule has 2 N–H and O–H groups in total. The Kier molecular flexibility index (Phi) is 4.96. The number of rotatable bonds is 6. The van der Waals surface area contributed by atoms with Gasteiger partial charge in [-0.15, -0.1) is 0 Å². The first kappa shape index (κ1) is 14.5. The number of thioether (sulfide) groups is 1. The quantitative estimate of drug-likeness (QED) is 0.630. The highest BCUT2D eigenvalue weighted by Crippen LogP contribution is 2.35. The third-order valence-corrected chi connectivity index (χ3v) is 3.91. The molecule has 0 radical (unpaired) electrons. The van der Waals surface area contributed by atoms with Gasteiger partial charge in [0.05, 0.1) is 12.1 Å². The molecule has 0 saturated carbocycles. The number of para-hydroxylation sites is 1. The van der Waals surface area contributed by atoms with Gasteiger partial charge in [0.15, 0.2) is 0 Å². The number of aromatic nitrogens is 1. The molecule has 7 heteroatoms. The summed E-state index contributed by atoms with van der Waals surface area (Å²) in [6.45, 7) is 0.0377. The molecule has 0 unspecified atom stereocenters. The van der Waals surface area contributed by atoms with E-state index in [4.69, 9.17) is 9.79 Å². The van der Waals surface area contributed by atoms with Crippen LogP contribution in [0.25, 0.3) is 10.9 Å². The largest absolute Gasteiger partial charge is 0.469 e. The van der Waals surface area contributed by atoms with Gasteiger partial charge in [-0.3, -0.25) is 9.51 Å². The van der Waals surface area contributed by atoms with Crippen molar-refractivity contribution < 1.29 is 18.9 Å². The van der Waals surface area contributed by atoms with Gasteiger partial charge in [0, 0.05) is 23.1 Å². The molecule has 0 amide bonds. The Hall–Kier alpha value is -0.910. The molecule has 102 valence electrons. The van der Waals surface area contributed by atoms with Crippen LogP contribution in [0.5, 0.6) is 0 Å². The lowest BCUT2D eigenvalue weighted by Crippen LogP contribution is -1.95. The number of phosphoric ester groups is 1. The molecule has 0 spiro atoms. The highest BCUT2D eigenvalue weighted by Gasteiger charge is 2.12. The Morgan fingerprint density at radius 1 is 1.32 bits per heavy atom. The first-order chi connectivity index (χ1) is 9.04. The minimum Gasteiger partial charge on any atom is -0.303 e. The Morgan fingerprint density at radius 3 is 2.89 bits per heavy atom. The van der Waals surface area contributed by atoms with Crippen LogP contribution in [-0.2, 0) is 14.8 Å². The van der Waals surface area contributed by atoms with E-state index in [9.17, 15) is 4.57 Å². The van der Waals surface area contributed by atoms with Crippen molar-refractivity contribution in [2.45, 2.75) is 5.75 Å². The lowest BCUT2D eigenvalue weighted by molar-refractivity contribution is 0.208. The maximum atomic E-state index is 10.5. The summed E-state index contributed by atoms with van der Waals surface area (Å²) in [5, 5.41) is 1.09. The number of hydrogen-bond donors (Lipinski definition) is 2. The van der Waals surface area contributed by atoms with E-state index in [-0.39, 0.29) is 6.61 Å². The molecular formula is C12H14NO4PS. The maximum absolute atomic E-state index is 10.5.